The number of benzene rings is 2. The minimum atomic E-state index is -3.66. The molecule has 0 aliphatic carbocycles. The topological polar surface area (TPSA) is 126 Å². The molecule has 0 heterocycles. The Labute approximate surface area is 187 Å². The number of nitrogens with zero attached hydrogens (tertiary/aromatic N) is 2. The van der Waals surface area contributed by atoms with E-state index < -0.39 is 16.1 Å². The number of urea groups is 1. The van der Waals surface area contributed by atoms with Gasteiger partial charge in [0.1, 0.15) is 0 Å². The molecule has 0 saturated heterocycles. The summed E-state index contributed by atoms with van der Waals surface area (Å²) in [5.41, 5.74) is 3.12. The summed E-state index contributed by atoms with van der Waals surface area (Å²) in [6, 6.07) is 13.4. The molecular formula is C22H25N3O6S. The first-order valence-electron chi connectivity index (χ1n) is 9.72. The van der Waals surface area contributed by atoms with Crippen LogP contribution in [-0.4, -0.2) is 46.9 Å². The van der Waals surface area contributed by atoms with Crippen molar-refractivity contribution in [1.82, 2.24) is 0 Å². The molecule has 0 bridgehead atoms. The molecule has 0 radical (unpaired) electrons. The molecule has 0 spiro atoms. The first kappa shape index (κ1) is 24.8. The van der Waals surface area contributed by atoms with E-state index in [0.717, 1.165) is 11.8 Å². The summed E-state index contributed by atoms with van der Waals surface area (Å²) in [5.74, 6) is -0.314. The third kappa shape index (κ3) is 7.68. The molecule has 9 nitrogen and oxygen atoms in total. The summed E-state index contributed by atoms with van der Waals surface area (Å²) in [7, 11) is -2.33. The number of ether oxygens (including phenoxy) is 1. The lowest BCUT2D eigenvalue weighted by molar-refractivity contribution is -0.140. The monoisotopic (exact) mass is 459 g/mol. The second-order valence-electron chi connectivity index (χ2n) is 6.99. The van der Waals surface area contributed by atoms with E-state index in [1.54, 1.807) is 49.4 Å². The molecule has 170 valence electrons. The molecule has 0 aliphatic heterocycles. The van der Waals surface area contributed by atoms with Crippen molar-refractivity contribution in [2.24, 2.45) is 0 Å². The van der Waals surface area contributed by atoms with Gasteiger partial charge in [-0.2, -0.15) is 13.7 Å². The fourth-order valence-electron chi connectivity index (χ4n) is 2.88. The summed E-state index contributed by atoms with van der Waals surface area (Å²) in [6.07, 6.45) is 1.66. The Kier molecular flexibility index (Phi) is 8.75. The number of nitrogens with one attached hydrogen (secondary N) is 1. The zero-order valence-electron chi connectivity index (χ0n) is 18.1. The van der Waals surface area contributed by atoms with Gasteiger partial charge in [0.25, 0.3) is 10.1 Å². The lowest BCUT2D eigenvalue weighted by atomic mass is 10.1. The van der Waals surface area contributed by atoms with Crippen LogP contribution in [0.2, 0.25) is 0 Å². The second kappa shape index (κ2) is 11.3. The average molecular weight is 460 g/mol. The zero-order valence-corrected chi connectivity index (χ0v) is 18.9. The minimum absolute atomic E-state index is 0.0181. The average Bonchev–Trinajstić information content (AvgIpc) is 2.76. The van der Waals surface area contributed by atoms with Crippen molar-refractivity contribution in [3.05, 3.63) is 59.2 Å². The highest BCUT2D eigenvalue weighted by Crippen LogP contribution is 2.21. The van der Waals surface area contributed by atoms with Gasteiger partial charge in [-0.05, 0) is 54.8 Å². The van der Waals surface area contributed by atoms with Crippen molar-refractivity contribution in [1.29, 1.82) is 5.26 Å². The fourth-order valence-corrected chi connectivity index (χ4v) is 3.25. The number of carbonyl (C=O) groups excluding carboxylic acids is 2. The first-order valence-corrected chi connectivity index (χ1v) is 11.5. The molecular weight excluding hydrogens is 434 g/mol. The summed E-state index contributed by atoms with van der Waals surface area (Å²) >= 11 is 0. The quantitative estimate of drug-likeness (QED) is 0.451. The molecule has 2 rings (SSSR count). The number of hydrogen-bond donors (Lipinski definition) is 1. The van der Waals surface area contributed by atoms with E-state index in [-0.39, 0.29) is 25.5 Å². The molecule has 0 atom stereocenters. The Morgan fingerprint density at radius 3 is 2.41 bits per heavy atom. The zero-order chi connectivity index (χ0) is 23.7. The number of methoxy groups -OCH3 is 1. The van der Waals surface area contributed by atoms with Crippen LogP contribution in [0, 0.1) is 18.3 Å². The van der Waals surface area contributed by atoms with Gasteiger partial charge in [-0.3, -0.25) is 13.9 Å². The van der Waals surface area contributed by atoms with Crippen LogP contribution in [0.15, 0.2) is 42.5 Å². The molecule has 10 heteroatoms. The van der Waals surface area contributed by atoms with Crippen molar-refractivity contribution >= 4 is 33.5 Å². The highest BCUT2D eigenvalue weighted by molar-refractivity contribution is 7.85. The lowest BCUT2D eigenvalue weighted by Gasteiger charge is -2.24. The molecule has 0 aliphatic rings. The van der Waals surface area contributed by atoms with Gasteiger partial charge in [0, 0.05) is 17.8 Å². The number of anilines is 2. The molecule has 0 fully saturated rings. The van der Waals surface area contributed by atoms with Crippen molar-refractivity contribution in [2.45, 2.75) is 19.8 Å². The lowest BCUT2D eigenvalue weighted by Crippen LogP contribution is -2.38. The molecule has 32 heavy (non-hydrogen) atoms. The van der Waals surface area contributed by atoms with Gasteiger partial charge in [-0.25, -0.2) is 4.79 Å². The van der Waals surface area contributed by atoms with Crippen LogP contribution in [0.1, 0.15) is 23.1 Å². The SMILES string of the molecule is COC(=O)CCc1ccc(N(CCOS(C)(=O)=O)C(=O)Nc2ccc(C#N)cc2C)cc1. The van der Waals surface area contributed by atoms with E-state index in [9.17, 15) is 18.0 Å². The van der Waals surface area contributed by atoms with Crippen LogP contribution >= 0.6 is 0 Å². The van der Waals surface area contributed by atoms with E-state index >= 15 is 0 Å². The van der Waals surface area contributed by atoms with Crippen LogP contribution in [0.3, 0.4) is 0 Å². The Balaban J connectivity index is 2.20. The Morgan fingerprint density at radius 2 is 1.84 bits per heavy atom. The van der Waals surface area contributed by atoms with Gasteiger partial charge in [-0.1, -0.05) is 12.1 Å². The minimum Gasteiger partial charge on any atom is -0.469 e. The van der Waals surface area contributed by atoms with Gasteiger partial charge in [0.15, 0.2) is 0 Å². The number of carbonyl (C=O) groups is 2. The third-order valence-electron chi connectivity index (χ3n) is 4.55. The number of nitriles is 1. The Hall–Kier alpha value is -3.42. The van der Waals surface area contributed by atoms with Crippen LogP contribution in [0.25, 0.3) is 0 Å². The maximum Gasteiger partial charge on any atom is 0.326 e. The largest absolute Gasteiger partial charge is 0.469 e. The maximum atomic E-state index is 13.0. The molecule has 2 amide bonds. The molecule has 0 unspecified atom stereocenters. The summed E-state index contributed by atoms with van der Waals surface area (Å²) in [6.45, 7) is 1.53. The Morgan fingerprint density at radius 1 is 1.16 bits per heavy atom. The normalized spacial score (nSPS) is 10.8. The van der Waals surface area contributed by atoms with Crippen LogP contribution in [0.4, 0.5) is 16.2 Å². The van der Waals surface area contributed by atoms with Crippen LogP contribution in [-0.2, 0) is 30.3 Å². The van der Waals surface area contributed by atoms with Gasteiger partial charge < -0.3 is 10.1 Å². The van der Waals surface area contributed by atoms with E-state index in [1.165, 1.54) is 12.0 Å². The van der Waals surface area contributed by atoms with E-state index in [2.05, 4.69) is 10.1 Å². The standard InChI is InChI=1S/C22H25N3O6S/c1-16-14-18(15-23)6-10-20(16)24-22(27)25(12-13-31-32(3,28)29)19-8-4-17(5-9-19)7-11-21(26)30-2/h4-6,8-10,14H,7,11-13H2,1-3H3,(H,24,27). The summed E-state index contributed by atoms with van der Waals surface area (Å²) in [5, 5.41) is 11.8. The maximum absolute atomic E-state index is 13.0. The molecule has 1 N–H and O–H groups in total. The molecule has 0 saturated carbocycles. The number of esters is 1. The van der Waals surface area contributed by atoms with E-state index in [4.69, 9.17) is 9.44 Å². The fraction of sp³-hybridized carbons (Fsp3) is 0.318. The molecule has 2 aromatic carbocycles. The smallest absolute Gasteiger partial charge is 0.326 e. The van der Waals surface area contributed by atoms with Crippen molar-refractivity contribution in [3.63, 3.8) is 0 Å². The first-order chi connectivity index (χ1) is 15.1. The molecule has 2 aromatic rings. The van der Waals surface area contributed by atoms with Crippen molar-refractivity contribution in [3.8, 4) is 6.07 Å². The van der Waals surface area contributed by atoms with E-state index in [0.29, 0.717) is 28.9 Å². The third-order valence-corrected chi connectivity index (χ3v) is 5.14. The highest BCUT2D eigenvalue weighted by Gasteiger charge is 2.18. The summed E-state index contributed by atoms with van der Waals surface area (Å²) < 4.78 is 32.0. The number of rotatable bonds is 9. The van der Waals surface area contributed by atoms with Gasteiger partial charge in [0.2, 0.25) is 0 Å². The second-order valence-corrected chi connectivity index (χ2v) is 8.64. The summed E-state index contributed by atoms with van der Waals surface area (Å²) in [4.78, 5) is 25.7. The van der Waals surface area contributed by atoms with Gasteiger partial charge >= 0.3 is 12.0 Å². The van der Waals surface area contributed by atoms with Gasteiger partial charge in [-0.15, -0.1) is 0 Å². The van der Waals surface area contributed by atoms with Crippen LogP contribution in [0.5, 0.6) is 0 Å². The van der Waals surface area contributed by atoms with Crippen molar-refractivity contribution < 1.29 is 26.9 Å². The Bertz CT molecular complexity index is 1110. The predicted molar refractivity (Wildman–Crippen MR) is 120 cm³/mol. The molecule has 0 aromatic heterocycles. The number of amides is 2. The van der Waals surface area contributed by atoms with Gasteiger partial charge in [0.05, 0.1) is 38.1 Å². The predicted octanol–water partition coefficient (Wildman–Crippen LogP) is 2.99. The number of hydrogen-bond acceptors (Lipinski definition) is 7. The van der Waals surface area contributed by atoms with Crippen molar-refractivity contribution in [2.75, 3.05) is 36.7 Å². The number of aryl methyl sites for hydroxylation is 2. The highest BCUT2D eigenvalue weighted by atomic mass is 32.2. The van der Waals surface area contributed by atoms with Crippen LogP contribution < -0.4 is 10.2 Å². The van der Waals surface area contributed by atoms with E-state index in [1.807, 2.05) is 6.07 Å².